The van der Waals surface area contributed by atoms with Crippen LogP contribution in [0.15, 0.2) is 12.4 Å². The average molecular weight is 238 g/mol. The zero-order chi connectivity index (χ0) is 12.3. The van der Waals surface area contributed by atoms with E-state index in [4.69, 9.17) is 0 Å². The highest BCUT2D eigenvalue weighted by molar-refractivity contribution is 5.76. The molecule has 0 radical (unpaired) electrons. The first-order valence-corrected chi connectivity index (χ1v) is 5.91. The topological polar surface area (TPSA) is 71.2 Å². The summed E-state index contributed by atoms with van der Waals surface area (Å²) in [6, 6.07) is 0. The smallest absolute Gasteiger partial charge is 0.224 e. The van der Waals surface area contributed by atoms with Gasteiger partial charge in [0.2, 0.25) is 5.91 Å². The minimum atomic E-state index is -0.735. The van der Waals surface area contributed by atoms with Gasteiger partial charge in [0.25, 0.3) is 0 Å². The van der Waals surface area contributed by atoms with Crippen molar-refractivity contribution in [2.45, 2.75) is 38.3 Å². The molecule has 0 aromatic carbocycles. The molecule has 1 aliphatic rings. The first-order chi connectivity index (χ1) is 8.07. The van der Waals surface area contributed by atoms with Crippen LogP contribution >= 0.6 is 0 Å². The quantitative estimate of drug-likeness (QED) is 0.807. The number of carbonyl (C=O) groups excluding carboxylic acids is 1. The molecule has 1 aromatic rings. The second kappa shape index (κ2) is 4.83. The maximum absolute atomic E-state index is 11.9. The first-order valence-electron chi connectivity index (χ1n) is 5.91. The molecule has 1 unspecified atom stereocenters. The molecule has 0 aliphatic carbocycles. The monoisotopic (exact) mass is 238 g/mol. The van der Waals surface area contributed by atoms with Gasteiger partial charge in [0, 0.05) is 25.7 Å². The largest absolute Gasteiger partial charge is 0.388 e. The van der Waals surface area contributed by atoms with Gasteiger partial charge in [-0.2, -0.15) is 0 Å². The van der Waals surface area contributed by atoms with Gasteiger partial charge in [-0.1, -0.05) is 5.21 Å². The van der Waals surface area contributed by atoms with E-state index in [-0.39, 0.29) is 5.91 Å². The second-order valence-electron chi connectivity index (χ2n) is 4.83. The number of aromatic nitrogens is 3. The van der Waals surface area contributed by atoms with Crippen LogP contribution in [-0.4, -0.2) is 49.6 Å². The second-order valence-corrected chi connectivity index (χ2v) is 4.83. The van der Waals surface area contributed by atoms with Gasteiger partial charge >= 0.3 is 0 Å². The van der Waals surface area contributed by atoms with E-state index in [1.165, 1.54) is 0 Å². The summed E-state index contributed by atoms with van der Waals surface area (Å²) >= 11 is 0. The third kappa shape index (κ3) is 3.26. The number of hydrogen-bond acceptors (Lipinski definition) is 4. The van der Waals surface area contributed by atoms with Crippen molar-refractivity contribution >= 4 is 5.91 Å². The number of nitrogens with zero attached hydrogens (tertiary/aromatic N) is 4. The molecule has 0 bridgehead atoms. The number of rotatable bonds is 3. The van der Waals surface area contributed by atoms with Crippen molar-refractivity contribution in [1.82, 2.24) is 19.9 Å². The molecule has 0 spiro atoms. The van der Waals surface area contributed by atoms with E-state index in [2.05, 4.69) is 10.3 Å². The Labute approximate surface area is 100 Å². The molecular weight excluding hydrogens is 220 g/mol. The molecule has 94 valence electrons. The van der Waals surface area contributed by atoms with Crippen LogP contribution < -0.4 is 0 Å². The fourth-order valence-electron chi connectivity index (χ4n) is 2.15. The fraction of sp³-hybridized carbons (Fsp3) is 0.727. The van der Waals surface area contributed by atoms with Crippen molar-refractivity contribution in [2.75, 3.05) is 13.1 Å². The molecule has 1 atom stereocenters. The van der Waals surface area contributed by atoms with Gasteiger partial charge < -0.3 is 10.0 Å². The Morgan fingerprint density at radius 1 is 1.59 bits per heavy atom. The molecule has 6 nitrogen and oxygen atoms in total. The standard InChI is InChI=1S/C11H18N4O2/c1-11(17)4-2-6-14(9-11)10(16)3-7-15-8-5-12-13-15/h5,8,17H,2-4,6-7,9H2,1H3. The van der Waals surface area contributed by atoms with Crippen LogP contribution in [0.3, 0.4) is 0 Å². The van der Waals surface area contributed by atoms with Gasteiger partial charge in [-0.05, 0) is 19.8 Å². The van der Waals surface area contributed by atoms with Crippen molar-refractivity contribution in [1.29, 1.82) is 0 Å². The number of aryl methyl sites for hydroxylation is 1. The predicted molar refractivity (Wildman–Crippen MR) is 61.1 cm³/mol. The molecule has 1 aliphatic heterocycles. The van der Waals surface area contributed by atoms with Gasteiger partial charge in [-0.25, -0.2) is 0 Å². The summed E-state index contributed by atoms with van der Waals surface area (Å²) in [7, 11) is 0. The van der Waals surface area contributed by atoms with Gasteiger partial charge in [0.15, 0.2) is 0 Å². The molecule has 17 heavy (non-hydrogen) atoms. The highest BCUT2D eigenvalue weighted by atomic mass is 16.3. The van der Waals surface area contributed by atoms with Gasteiger partial charge in [-0.15, -0.1) is 5.10 Å². The van der Waals surface area contributed by atoms with Crippen LogP contribution in [0.25, 0.3) is 0 Å². The van der Waals surface area contributed by atoms with Gasteiger partial charge in [0.05, 0.1) is 18.3 Å². The Kier molecular flexibility index (Phi) is 3.42. The Hall–Kier alpha value is -1.43. The van der Waals surface area contributed by atoms with E-state index >= 15 is 0 Å². The molecule has 0 saturated carbocycles. The van der Waals surface area contributed by atoms with E-state index in [1.807, 2.05) is 0 Å². The molecule has 1 amide bonds. The lowest BCUT2D eigenvalue weighted by atomic mass is 9.95. The maximum atomic E-state index is 11.9. The zero-order valence-corrected chi connectivity index (χ0v) is 10.0. The summed E-state index contributed by atoms with van der Waals surface area (Å²) in [4.78, 5) is 13.7. The van der Waals surface area contributed by atoms with Crippen LogP contribution in [0.4, 0.5) is 0 Å². The lowest BCUT2D eigenvalue weighted by Crippen LogP contribution is -2.48. The number of amides is 1. The molecule has 6 heteroatoms. The number of piperidine rings is 1. The normalized spacial score (nSPS) is 24.9. The molecule has 1 N–H and O–H groups in total. The number of carbonyl (C=O) groups is 1. The van der Waals surface area contributed by atoms with Gasteiger partial charge in [0.1, 0.15) is 0 Å². The summed E-state index contributed by atoms with van der Waals surface area (Å²) in [5.74, 6) is 0.0699. The van der Waals surface area contributed by atoms with Crippen LogP contribution in [0.2, 0.25) is 0 Å². The molecule has 1 aromatic heterocycles. The first kappa shape index (κ1) is 12.0. The lowest BCUT2D eigenvalue weighted by molar-refractivity contribution is -0.137. The Bertz CT molecular complexity index is 375. The molecule has 2 rings (SSSR count). The van der Waals surface area contributed by atoms with E-state index in [0.717, 1.165) is 19.4 Å². The highest BCUT2D eigenvalue weighted by Crippen LogP contribution is 2.20. The van der Waals surface area contributed by atoms with Crippen LogP contribution in [0, 0.1) is 0 Å². The molecule has 1 saturated heterocycles. The summed E-state index contributed by atoms with van der Waals surface area (Å²) in [6.07, 6.45) is 5.36. The Morgan fingerprint density at radius 2 is 2.41 bits per heavy atom. The van der Waals surface area contributed by atoms with E-state index in [1.54, 1.807) is 28.9 Å². The summed E-state index contributed by atoms with van der Waals surface area (Å²) in [6.45, 7) is 3.50. The van der Waals surface area contributed by atoms with Gasteiger partial charge in [-0.3, -0.25) is 9.48 Å². The summed E-state index contributed by atoms with van der Waals surface area (Å²) in [5.41, 5.74) is -0.735. The van der Waals surface area contributed by atoms with Crippen molar-refractivity contribution in [3.8, 4) is 0 Å². The van der Waals surface area contributed by atoms with Crippen LogP contribution in [0.5, 0.6) is 0 Å². The van der Waals surface area contributed by atoms with E-state index < -0.39 is 5.60 Å². The summed E-state index contributed by atoms with van der Waals surface area (Å²) < 4.78 is 1.64. The number of β-amino-alcohol motifs (C(OH)–C–C–N with tert-alkyl or cyclic N) is 1. The highest BCUT2D eigenvalue weighted by Gasteiger charge is 2.30. The predicted octanol–water partition coefficient (Wildman–Crippen LogP) is 0.0416. The van der Waals surface area contributed by atoms with E-state index in [9.17, 15) is 9.90 Å². The van der Waals surface area contributed by atoms with Crippen molar-refractivity contribution in [3.05, 3.63) is 12.4 Å². The fourth-order valence-corrected chi connectivity index (χ4v) is 2.15. The summed E-state index contributed by atoms with van der Waals surface area (Å²) in [5, 5.41) is 17.4. The SMILES string of the molecule is CC1(O)CCCN(C(=O)CCn2ccnn2)C1. The number of aliphatic hydroxyl groups is 1. The zero-order valence-electron chi connectivity index (χ0n) is 10.0. The minimum absolute atomic E-state index is 0.0699. The molecule has 1 fully saturated rings. The minimum Gasteiger partial charge on any atom is -0.388 e. The van der Waals surface area contributed by atoms with Crippen LogP contribution in [0.1, 0.15) is 26.2 Å². The maximum Gasteiger partial charge on any atom is 0.224 e. The number of hydrogen-bond donors (Lipinski definition) is 1. The van der Waals surface area contributed by atoms with Crippen molar-refractivity contribution < 1.29 is 9.90 Å². The van der Waals surface area contributed by atoms with Crippen molar-refractivity contribution in [3.63, 3.8) is 0 Å². The Balaban J connectivity index is 1.83. The third-order valence-electron chi connectivity index (χ3n) is 3.05. The van der Waals surface area contributed by atoms with E-state index in [0.29, 0.717) is 19.5 Å². The van der Waals surface area contributed by atoms with Crippen LogP contribution in [-0.2, 0) is 11.3 Å². The molecule has 2 heterocycles. The average Bonchev–Trinajstić information content (AvgIpc) is 2.77. The Morgan fingerprint density at radius 3 is 3.06 bits per heavy atom. The third-order valence-corrected chi connectivity index (χ3v) is 3.05. The molecular formula is C11H18N4O2. The lowest BCUT2D eigenvalue weighted by Gasteiger charge is -2.36. The van der Waals surface area contributed by atoms with Crippen molar-refractivity contribution in [2.24, 2.45) is 0 Å². The number of likely N-dealkylation sites (tertiary alicyclic amines) is 1.